The fourth-order valence-corrected chi connectivity index (χ4v) is 5.86. The standard InChI is InChI=1S/C27H38N2O5/c1-33-18-19-34-27(15-6-7-16-27)24(30)26(32)29-22-13-9-14-23(29)25(31)28(20-22)17-8-5-12-21-10-3-2-4-11-21/h2-4,10-11,22-23H,5-9,12-20H2,1H3. The second-order valence-electron chi connectivity index (χ2n) is 9.91. The van der Waals surface area contributed by atoms with Gasteiger partial charge in [0.05, 0.1) is 19.3 Å². The number of hydrogen-bond acceptors (Lipinski definition) is 5. The normalized spacial score (nSPS) is 23.9. The van der Waals surface area contributed by atoms with Crippen molar-refractivity contribution in [2.75, 3.05) is 33.4 Å². The Morgan fingerprint density at radius 2 is 1.79 bits per heavy atom. The lowest BCUT2D eigenvalue weighted by molar-refractivity contribution is -0.170. The summed E-state index contributed by atoms with van der Waals surface area (Å²) in [5.41, 5.74) is 0.259. The monoisotopic (exact) mass is 470 g/mol. The lowest BCUT2D eigenvalue weighted by Crippen LogP contribution is -2.67. The molecule has 0 N–H and O–H groups in total. The molecule has 186 valence electrons. The molecule has 2 heterocycles. The molecule has 2 bridgehead atoms. The number of piperazine rings is 1. The van der Waals surface area contributed by atoms with Crippen LogP contribution >= 0.6 is 0 Å². The summed E-state index contributed by atoms with van der Waals surface area (Å²) < 4.78 is 11.0. The highest BCUT2D eigenvalue weighted by Crippen LogP contribution is 2.37. The van der Waals surface area contributed by atoms with Crippen molar-refractivity contribution >= 4 is 17.6 Å². The van der Waals surface area contributed by atoms with E-state index < -0.39 is 23.3 Å². The number of benzene rings is 1. The largest absolute Gasteiger partial charge is 0.382 e. The van der Waals surface area contributed by atoms with Crippen molar-refractivity contribution in [3.63, 3.8) is 0 Å². The van der Waals surface area contributed by atoms with Gasteiger partial charge >= 0.3 is 0 Å². The highest BCUT2D eigenvalue weighted by atomic mass is 16.5. The molecule has 3 aliphatic rings. The molecule has 7 heteroatoms. The van der Waals surface area contributed by atoms with Crippen molar-refractivity contribution in [2.24, 2.45) is 0 Å². The Kier molecular flexibility index (Phi) is 8.37. The summed E-state index contributed by atoms with van der Waals surface area (Å²) in [5, 5.41) is 0. The van der Waals surface area contributed by atoms with E-state index in [1.807, 2.05) is 11.0 Å². The molecule has 2 amide bonds. The third-order valence-corrected chi connectivity index (χ3v) is 7.68. The van der Waals surface area contributed by atoms with Gasteiger partial charge in [0.25, 0.3) is 11.7 Å². The molecule has 4 rings (SSSR count). The average Bonchev–Trinajstić information content (AvgIpc) is 3.34. The van der Waals surface area contributed by atoms with E-state index in [9.17, 15) is 14.4 Å². The summed E-state index contributed by atoms with van der Waals surface area (Å²) in [6.45, 7) is 1.91. The van der Waals surface area contributed by atoms with Crippen LogP contribution in [0.4, 0.5) is 0 Å². The number of nitrogens with zero attached hydrogens (tertiary/aromatic N) is 2. The topological polar surface area (TPSA) is 76.1 Å². The fourth-order valence-electron chi connectivity index (χ4n) is 5.86. The molecular weight excluding hydrogens is 432 g/mol. The minimum absolute atomic E-state index is 0.00224. The number of aryl methyl sites for hydroxylation is 1. The van der Waals surface area contributed by atoms with Crippen molar-refractivity contribution in [1.82, 2.24) is 9.80 Å². The number of hydrogen-bond donors (Lipinski definition) is 0. The number of amides is 2. The van der Waals surface area contributed by atoms with Crippen LogP contribution in [0.5, 0.6) is 0 Å². The van der Waals surface area contributed by atoms with Crippen LogP contribution in [0.25, 0.3) is 0 Å². The van der Waals surface area contributed by atoms with E-state index in [4.69, 9.17) is 9.47 Å². The lowest BCUT2D eigenvalue weighted by atomic mass is 9.87. The summed E-state index contributed by atoms with van der Waals surface area (Å²) in [4.78, 5) is 43.8. The number of ether oxygens (including phenoxy) is 2. The molecular formula is C27H38N2O5. The Balaban J connectivity index is 1.37. The van der Waals surface area contributed by atoms with Gasteiger partial charge in [-0.05, 0) is 69.8 Å². The van der Waals surface area contributed by atoms with E-state index in [-0.39, 0.29) is 18.6 Å². The first kappa shape index (κ1) is 24.9. The van der Waals surface area contributed by atoms with Crippen LogP contribution in [-0.4, -0.2) is 78.5 Å². The predicted molar refractivity (Wildman–Crippen MR) is 128 cm³/mol. The third-order valence-electron chi connectivity index (χ3n) is 7.68. The number of carbonyl (C=O) groups excluding carboxylic acids is 3. The van der Waals surface area contributed by atoms with Crippen molar-refractivity contribution in [3.05, 3.63) is 35.9 Å². The van der Waals surface area contributed by atoms with Gasteiger partial charge in [0.2, 0.25) is 5.91 Å². The highest BCUT2D eigenvalue weighted by molar-refractivity contribution is 6.39. The summed E-state index contributed by atoms with van der Waals surface area (Å²) in [7, 11) is 1.59. The summed E-state index contributed by atoms with van der Waals surface area (Å²) in [6.07, 6.45) is 8.19. The Hall–Kier alpha value is -2.25. The van der Waals surface area contributed by atoms with Crippen molar-refractivity contribution in [2.45, 2.75) is 81.9 Å². The van der Waals surface area contributed by atoms with Crippen LogP contribution in [0.3, 0.4) is 0 Å². The molecule has 0 radical (unpaired) electrons. The van der Waals surface area contributed by atoms with Crippen LogP contribution in [0.1, 0.15) is 63.4 Å². The molecule has 2 aliphatic heterocycles. The maximum Gasteiger partial charge on any atom is 0.294 e. The molecule has 7 nitrogen and oxygen atoms in total. The van der Waals surface area contributed by atoms with E-state index in [1.54, 1.807) is 12.0 Å². The molecule has 3 fully saturated rings. The fraction of sp³-hybridized carbons (Fsp3) is 0.667. The zero-order valence-electron chi connectivity index (χ0n) is 20.4. The molecule has 2 saturated heterocycles. The molecule has 1 saturated carbocycles. The van der Waals surface area contributed by atoms with Crippen molar-refractivity contribution in [1.29, 1.82) is 0 Å². The first-order chi connectivity index (χ1) is 16.6. The van der Waals surface area contributed by atoms with Crippen LogP contribution in [0.15, 0.2) is 30.3 Å². The number of unbranched alkanes of at least 4 members (excludes halogenated alkanes) is 1. The van der Waals surface area contributed by atoms with Crippen LogP contribution < -0.4 is 0 Å². The van der Waals surface area contributed by atoms with Gasteiger partial charge in [0.15, 0.2) is 0 Å². The molecule has 2 atom stereocenters. The quantitative estimate of drug-likeness (QED) is 0.367. The van der Waals surface area contributed by atoms with Gasteiger partial charge in [-0.1, -0.05) is 30.3 Å². The lowest BCUT2D eigenvalue weighted by Gasteiger charge is -2.49. The summed E-state index contributed by atoms with van der Waals surface area (Å²) in [6, 6.07) is 9.79. The number of rotatable bonds is 11. The number of ketones is 1. The minimum Gasteiger partial charge on any atom is -0.382 e. The zero-order chi connectivity index (χ0) is 24.0. The molecule has 0 aromatic heterocycles. The van der Waals surface area contributed by atoms with E-state index >= 15 is 0 Å². The Bertz CT molecular complexity index is 852. The first-order valence-electron chi connectivity index (χ1n) is 12.9. The van der Waals surface area contributed by atoms with Crippen molar-refractivity contribution < 1.29 is 23.9 Å². The Morgan fingerprint density at radius 1 is 1.03 bits per heavy atom. The van der Waals surface area contributed by atoms with Gasteiger partial charge in [-0.25, -0.2) is 0 Å². The number of methoxy groups -OCH3 is 1. The third kappa shape index (κ3) is 5.36. The van der Waals surface area contributed by atoms with Gasteiger partial charge in [-0.15, -0.1) is 0 Å². The van der Waals surface area contributed by atoms with E-state index in [0.717, 1.165) is 44.9 Å². The summed E-state index contributed by atoms with van der Waals surface area (Å²) >= 11 is 0. The molecule has 2 unspecified atom stereocenters. The van der Waals surface area contributed by atoms with E-state index in [0.29, 0.717) is 39.0 Å². The SMILES string of the molecule is COCCOC1(C(=O)C(=O)N2C3CCCC2C(=O)N(CCCCc2ccccc2)C3)CCCC1. The second kappa shape index (κ2) is 11.5. The predicted octanol–water partition coefficient (Wildman–Crippen LogP) is 3.15. The zero-order valence-corrected chi connectivity index (χ0v) is 20.4. The maximum atomic E-state index is 13.5. The molecule has 1 aromatic rings. The molecule has 0 spiro atoms. The van der Waals surface area contributed by atoms with Gasteiger partial charge in [-0.3, -0.25) is 14.4 Å². The minimum atomic E-state index is -1.05. The van der Waals surface area contributed by atoms with Crippen LogP contribution in [0.2, 0.25) is 0 Å². The molecule has 34 heavy (non-hydrogen) atoms. The number of Topliss-reactive ketones (excluding diaryl/α,β-unsaturated/α-hetero) is 1. The van der Waals surface area contributed by atoms with Crippen molar-refractivity contribution in [3.8, 4) is 0 Å². The van der Waals surface area contributed by atoms with Gasteiger partial charge in [0, 0.05) is 20.2 Å². The molecule has 1 aliphatic carbocycles. The van der Waals surface area contributed by atoms with Crippen LogP contribution in [-0.2, 0) is 30.3 Å². The maximum absolute atomic E-state index is 13.5. The van der Waals surface area contributed by atoms with Gasteiger partial charge in [-0.2, -0.15) is 0 Å². The Labute approximate surface area is 202 Å². The highest BCUT2D eigenvalue weighted by Gasteiger charge is 2.52. The smallest absolute Gasteiger partial charge is 0.294 e. The van der Waals surface area contributed by atoms with E-state index in [2.05, 4.69) is 24.3 Å². The van der Waals surface area contributed by atoms with E-state index in [1.165, 1.54) is 5.56 Å². The second-order valence-corrected chi connectivity index (χ2v) is 9.91. The number of piperidine rings is 1. The number of carbonyl (C=O) groups is 3. The van der Waals surface area contributed by atoms with Gasteiger partial charge in [0.1, 0.15) is 11.6 Å². The Morgan fingerprint density at radius 3 is 2.53 bits per heavy atom. The first-order valence-corrected chi connectivity index (χ1v) is 12.9. The summed E-state index contributed by atoms with van der Waals surface area (Å²) in [5.74, 6) is -0.995. The van der Waals surface area contributed by atoms with Crippen LogP contribution in [0, 0.1) is 0 Å². The number of fused-ring (bicyclic) bond motifs is 2. The number of likely N-dealkylation sites (tertiary alicyclic amines) is 1. The average molecular weight is 471 g/mol. The van der Waals surface area contributed by atoms with Gasteiger partial charge < -0.3 is 19.3 Å². The molecule has 1 aromatic carbocycles.